The predicted molar refractivity (Wildman–Crippen MR) is 111 cm³/mol. The SMILES string of the molecule is Cc1ccc2nc(COc3ccc(C(=O)N(C)Cc4ccsc4)cc3)cn2c1. The molecule has 1 amide bonds. The Labute approximate surface area is 167 Å². The number of carbonyl (C=O) groups excluding carboxylic acids is 1. The summed E-state index contributed by atoms with van der Waals surface area (Å²) in [7, 11) is 1.82. The molecule has 0 N–H and O–H groups in total. The van der Waals surface area contributed by atoms with Crippen LogP contribution < -0.4 is 4.74 Å². The van der Waals surface area contributed by atoms with E-state index in [1.54, 1.807) is 28.4 Å². The number of ether oxygens (including phenoxy) is 1. The Morgan fingerprint density at radius 2 is 1.96 bits per heavy atom. The predicted octanol–water partition coefficient (Wildman–Crippen LogP) is 4.56. The molecule has 5 nitrogen and oxygen atoms in total. The van der Waals surface area contributed by atoms with Gasteiger partial charge in [-0.15, -0.1) is 0 Å². The van der Waals surface area contributed by atoms with Gasteiger partial charge in [0.25, 0.3) is 5.91 Å². The number of imidazole rings is 1. The van der Waals surface area contributed by atoms with Gasteiger partial charge in [-0.25, -0.2) is 4.98 Å². The van der Waals surface area contributed by atoms with Gasteiger partial charge < -0.3 is 14.0 Å². The van der Waals surface area contributed by atoms with E-state index >= 15 is 0 Å². The van der Waals surface area contributed by atoms with Crippen LogP contribution in [0.2, 0.25) is 0 Å². The first-order valence-corrected chi connectivity index (χ1v) is 9.96. The molecule has 0 spiro atoms. The number of nitrogens with zero attached hydrogens (tertiary/aromatic N) is 3. The van der Waals surface area contributed by atoms with Crippen LogP contribution in [0.25, 0.3) is 5.65 Å². The molecule has 0 saturated carbocycles. The second kappa shape index (κ2) is 7.86. The first-order valence-electron chi connectivity index (χ1n) is 9.02. The second-order valence-electron chi connectivity index (χ2n) is 6.81. The summed E-state index contributed by atoms with van der Waals surface area (Å²) in [6.07, 6.45) is 4.01. The number of hydrogen-bond acceptors (Lipinski definition) is 4. The molecule has 0 saturated heterocycles. The third-order valence-electron chi connectivity index (χ3n) is 4.48. The number of carbonyl (C=O) groups is 1. The molecule has 3 heterocycles. The van der Waals surface area contributed by atoms with Gasteiger partial charge in [0.1, 0.15) is 18.0 Å². The summed E-state index contributed by atoms with van der Waals surface area (Å²) >= 11 is 1.64. The van der Waals surface area contributed by atoms with Crippen LogP contribution >= 0.6 is 11.3 Å². The topological polar surface area (TPSA) is 46.8 Å². The van der Waals surface area contributed by atoms with Gasteiger partial charge in [-0.3, -0.25) is 4.79 Å². The lowest BCUT2D eigenvalue weighted by Gasteiger charge is -2.16. The average Bonchev–Trinajstić information content (AvgIpc) is 3.35. The van der Waals surface area contributed by atoms with Crippen molar-refractivity contribution >= 4 is 22.9 Å². The maximum Gasteiger partial charge on any atom is 0.253 e. The van der Waals surface area contributed by atoms with Gasteiger partial charge in [0.2, 0.25) is 0 Å². The van der Waals surface area contributed by atoms with Crippen molar-refractivity contribution in [2.45, 2.75) is 20.1 Å². The van der Waals surface area contributed by atoms with Gasteiger partial charge in [0.15, 0.2) is 0 Å². The number of thiophene rings is 1. The van der Waals surface area contributed by atoms with E-state index in [0.717, 1.165) is 16.9 Å². The fourth-order valence-electron chi connectivity index (χ4n) is 3.02. The number of pyridine rings is 1. The first-order chi connectivity index (χ1) is 13.6. The smallest absolute Gasteiger partial charge is 0.253 e. The number of fused-ring (bicyclic) bond motifs is 1. The lowest BCUT2D eigenvalue weighted by molar-refractivity contribution is 0.0785. The molecular formula is C22H21N3O2S. The molecule has 0 aliphatic rings. The summed E-state index contributed by atoms with van der Waals surface area (Å²) in [5.41, 5.74) is 4.73. The van der Waals surface area contributed by atoms with E-state index in [-0.39, 0.29) is 5.91 Å². The average molecular weight is 391 g/mol. The highest BCUT2D eigenvalue weighted by atomic mass is 32.1. The molecule has 28 heavy (non-hydrogen) atoms. The number of hydrogen-bond donors (Lipinski definition) is 0. The zero-order valence-corrected chi connectivity index (χ0v) is 16.6. The van der Waals surface area contributed by atoms with E-state index < -0.39 is 0 Å². The highest BCUT2D eigenvalue weighted by molar-refractivity contribution is 7.07. The molecule has 3 aromatic heterocycles. The van der Waals surface area contributed by atoms with Crippen LogP contribution in [0.15, 0.2) is 65.6 Å². The van der Waals surface area contributed by atoms with E-state index in [1.165, 1.54) is 5.56 Å². The van der Waals surface area contributed by atoms with Crippen LogP contribution in [-0.4, -0.2) is 27.2 Å². The van der Waals surface area contributed by atoms with Crippen molar-refractivity contribution in [3.63, 3.8) is 0 Å². The summed E-state index contributed by atoms with van der Waals surface area (Å²) in [6, 6.07) is 13.3. The Bertz CT molecular complexity index is 1080. The van der Waals surface area contributed by atoms with Crippen LogP contribution in [0, 0.1) is 6.92 Å². The van der Waals surface area contributed by atoms with E-state index in [4.69, 9.17) is 4.74 Å². The molecule has 142 valence electrons. The van der Waals surface area contributed by atoms with Crippen molar-refractivity contribution in [2.24, 2.45) is 0 Å². The number of benzene rings is 1. The standard InChI is InChI=1S/C22H21N3O2S/c1-16-3-8-21-23-19(13-25(21)11-16)14-27-20-6-4-18(5-7-20)22(26)24(2)12-17-9-10-28-15-17/h3-11,13,15H,12,14H2,1-2H3. The van der Waals surface area contributed by atoms with Crippen molar-refractivity contribution in [2.75, 3.05) is 7.05 Å². The zero-order valence-electron chi connectivity index (χ0n) is 15.8. The van der Waals surface area contributed by atoms with Crippen LogP contribution in [0.1, 0.15) is 27.2 Å². The third-order valence-corrected chi connectivity index (χ3v) is 5.22. The number of rotatable bonds is 6. The van der Waals surface area contributed by atoms with E-state index in [0.29, 0.717) is 24.5 Å². The molecule has 0 atom stereocenters. The van der Waals surface area contributed by atoms with Gasteiger partial charge in [-0.05, 0) is 65.2 Å². The molecule has 0 bridgehead atoms. The lowest BCUT2D eigenvalue weighted by atomic mass is 10.2. The summed E-state index contributed by atoms with van der Waals surface area (Å²) in [4.78, 5) is 18.8. The number of aryl methyl sites for hydroxylation is 1. The third kappa shape index (κ3) is 4.07. The quantitative estimate of drug-likeness (QED) is 0.484. The van der Waals surface area contributed by atoms with Crippen LogP contribution in [0.3, 0.4) is 0 Å². The highest BCUT2D eigenvalue weighted by Gasteiger charge is 2.12. The Kier molecular flexibility index (Phi) is 5.12. The van der Waals surface area contributed by atoms with E-state index in [2.05, 4.69) is 17.3 Å². The summed E-state index contributed by atoms with van der Waals surface area (Å²) in [5.74, 6) is 0.707. The molecule has 4 rings (SSSR count). The van der Waals surface area contributed by atoms with Crippen molar-refractivity contribution in [3.8, 4) is 5.75 Å². The maximum atomic E-state index is 12.6. The largest absolute Gasteiger partial charge is 0.487 e. The monoisotopic (exact) mass is 391 g/mol. The van der Waals surface area contributed by atoms with E-state index in [9.17, 15) is 4.79 Å². The maximum absolute atomic E-state index is 12.6. The summed E-state index contributed by atoms with van der Waals surface area (Å²) in [6.45, 7) is 3.04. The highest BCUT2D eigenvalue weighted by Crippen LogP contribution is 2.17. The van der Waals surface area contributed by atoms with Crippen LogP contribution in [-0.2, 0) is 13.2 Å². The number of amides is 1. The summed E-state index contributed by atoms with van der Waals surface area (Å²) < 4.78 is 7.83. The molecule has 0 fully saturated rings. The fourth-order valence-corrected chi connectivity index (χ4v) is 3.68. The minimum absolute atomic E-state index is 0.00605. The van der Waals surface area contributed by atoms with Crippen molar-refractivity contribution in [1.29, 1.82) is 0 Å². The van der Waals surface area contributed by atoms with Crippen molar-refractivity contribution in [3.05, 3.63) is 88.0 Å². The Morgan fingerprint density at radius 1 is 1.14 bits per heavy atom. The minimum Gasteiger partial charge on any atom is -0.487 e. The molecule has 0 aliphatic heterocycles. The minimum atomic E-state index is -0.00605. The molecule has 0 aliphatic carbocycles. The van der Waals surface area contributed by atoms with Crippen LogP contribution in [0.4, 0.5) is 0 Å². The Hall–Kier alpha value is -3.12. The van der Waals surface area contributed by atoms with Gasteiger partial charge in [0.05, 0.1) is 5.69 Å². The lowest BCUT2D eigenvalue weighted by Crippen LogP contribution is -2.25. The Balaban J connectivity index is 1.37. The van der Waals surface area contributed by atoms with Gasteiger partial charge in [-0.2, -0.15) is 11.3 Å². The second-order valence-corrected chi connectivity index (χ2v) is 7.59. The van der Waals surface area contributed by atoms with Gasteiger partial charge >= 0.3 is 0 Å². The molecule has 4 aromatic rings. The molecule has 0 radical (unpaired) electrons. The van der Waals surface area contributed by atoms with E-state index in [1.807, 2.05) is 59.6 Å². The van der Waals surface area contributed by atoms with Gasteiger partial charge in [-0.1, -0.05) is 6.07 Å². The fraction of sp³-hybridized carbons (Fsp3) is 0.182. The molecule has 6 heteroatoms. The molecular weight excluding hydrogens is 370 g/mol. The van der Waals surface area contributed by atoms with Gasteiger partial charge in [0, 0.05) is 31.5 Å². The number of aromatic nitrogens is 2. The Morgan fingerprint density at radius 3 is 2.71 bits per heavy atom. The van der Waals surface area contributed by atoms with Crippen LogP contribution in [0.5, 0.6) is 5.75 Å². The zero-order chi connectivity index (χ0) is 19.5. The summed E-state index contributed by atoms with van der Waals surface area (Å²) in [5, 5.41) is 4.07. The molecule has 0 unspecified atom stereocenters. The van der Waals surface area contributed by atoms with Crippen molar-refractivity contribution in [1.82, 2.24) is 14.3 Å². The first kappa shape index (κ1) is 18.3. The normalized spacial score (nSPS) is 10.9. The van der Waals surface area contributed by atoms with Crippen molar-refractivity contribution < 1.29 is 9.53 Å². The molecule has 1 aromatic carbocycles.